The number of carbonyl (C=O) groups excluding carboxylic acids is 1. The van der Waals surface area contributed by atoms with Crippen LogP contribution in [0.3, 0.4) is 0 Å². The molecule has 22 heavy (non-hydrogen) atoms. The molecule has 0 unspecified atom stereocenters. The molecule has 6 heteroatoms. The zero-order valence-electron chi connectivity index (χ0n) is 12.1. The Kier molecular flexibility index (Phi) is 4.49. The van der Waals surface area contributed by atoms with E-state index >= 15 is 0 Å². The second kappa shape index (κ2) is 6.50. The van der Waals surface area contributed by atoms with Gasteiger partial charge < -0.3 is 19.8 Å². The van der Waals surface area contributed by atoms with Crippen molar-refractivity contribution in [1.82, 2.24) is 4.57 Å². The summed E-state index contributed by atoms with van der Waals surface area (Å²) in [5, 5.41) is 9.07. The van der Waals surface area contributed by atoms with Gasteiger partial charge in [-0.1, -0.05) is 12.7 Å². The van der Waals surface area contributed by atoms with E-state index in [9.17, 15) is 4.79 Å². The molecule has 0 aliphatic heterocycles. The minimum atomic E-state index is -0.606. The summed E-state index contributed by atoms with van der Waals surface area (Å²) in [6, 6.07) is 8.97. The fourth-order valence-electron chi connectivity index (χ4n) is 1.98. The largest absolute Gasteiger partial charge is 0.490 e. The minimum absolute atomic E-state index is 0.0985. The van der Waals surface area contributed by atoms with E-state index in [1.807, 2.05) is 6.07 Å². The highest BCUT2D eigenvalue weighted by Crippen LogP contribution is 2.25. The maximum absolute atomic E-state index is 11.9. The van der Waals surface area contributed by atoms with Gasteiger partial charge in [-0.15, -0.1) is 0 Å². The first-order chi connectivity index (χ1) is 10.6. The van der Waals surface area contributed by atoms with Crippen LogP contribution in [-0.2, 0) is 4.74 Å². The molecule has 0 amide bonds. The van der Waals surface area contributed by atoms with Crippen LogP contribution in [0.4, 0.5) is 5.69 Å². The van der Waals surface area contributed by atoms with Crippen molar-refractivity contribution in [2.45, 2.75) is 0 Å². The van der Waals surface area contributed by atoms with Crippen molar-refractivity contribution in [3.8, 4) is 17.5 Å². The van der Waals surface area contributed by atoms with E-state index in [2.05, 4.69) is 6.58 Å². The molecule has 2 rings (SSSR count). The number of hydrogen-bond donors (Lipinski definition) is 1. The monoisotopic (exact) mass is 297 g/mol. The van der Waals surface area contributed by atoms with Crippen LogP contribution >= 0.6 is 0 Å². The molecular weight excluding hydrogens is 282 g/mol. The third-order valence-electron chi connectivity index (χ3n) is 3.03. The van der Waals surface area contributed by atoms with Gasteiger partial charge in [-0.25, -0.2) is 4.79 Å². The van der Waals surface area contributed by atoms with Gasteiger partial charge in [0, 0.05) is 11.9 Å². The molecule has 1 aromatic heterocycles. The van der Waals surface area contributed by atoms with Crippen molar-refractivity contribution < 1.29 is 14.3 Å². The van der Waals surface area contributed by atoms with Crippen LogP contribution in [0.5, 0.6) is 5.75 Å². The van der Waals surface area contributed by atoms with Gasteiger partial charge in [-0.2, -0.15) is 5.26 Å². The third kappa shape index (κ3) is 2.79. The van der Waals surface area contributed by atoms with Gasteiger partial charge in [0.2, 0.25) is 0 Å². The van der Waals surface area contributed by atoms with E-state index in [-0.39, 0.29) is 16.9 Å². The number of benzene rings is 1. The zero-order valence-corrected chi connectivity index (χ0v) is 12.1. The summed E-state index contributed by atoms with van der Waals surface area (Å²) in [5.41, 5.74) is 6.95. The number of nitrogens with zero attached hydrogens (tertiary/aromatic N) is 2. The molecule has 0 atom stereocenters. The van der Waals surface area contributed by atoms with Gasteiger partial charge in [0.1, 0.15) is 18.4 Å². The first kappa shape index (κ1) is 15.2. The Morgan fingerprint density at radius 3 is 2.68 bits per heavy atom. The molecule has 0 saturated heterocycles. The summed E-state index contributed by atoms with van der Waals surface area (Å²) in [6.45, 7) is 3.98. The molecule has 1 aromatic carbocycles. The van der Waals surface area contributed by atoms with Crippen LogP contribution in [0, 0.1) is 11.3 Å². The molecular formula is C16H15N3O3. The number of nitriles is 1. The fourth-order valence-corrected chi connectivity index (χ4v) is 1.98. The molecule has 6 nitrogen and oxygen atoms in total. The smallest absolute Gasteiger partial charge is 0.357 e. The Bertz CT molecular complexity index is 739. The van der Waals surface area contributed by atoms with Gasteiger partial charge in [0.15, 0.2) is 5.69 Å². The number of esters is 1. The van der Waals surface area contributed by atoms with E-state index in [0.29, 0.717) is 18.0 Å². The standard InChI is InChI=1S/C16H15N3O3/c1-3-8-22-13-6-4-12(5-7-13)19-10-11(9-17)14(18)15(19)16(20)21-2/h3-7,10H,1,8,18H2,2H3. The number of nitrogen functional groups attached to an aromatic ring is 1. The van der Waals surface area contributed by atoms with Crippen LogP contribution in [0.1, 0.15) is 16.1 Å². The normalized spacial score (nSPS) is 9.82. The maximum Gasteiger partial charge on any atom is 0.357 e. The summed E-state index contributed by atoms with van der Waals surface area (Å²) in [5.74, 6) is 0.0647. The molecule has 0 aliphatic rings. The predicted octanol–water partition coefficient (Wildman–Crippen LogP) is 2.28. The van der Waals surface area contributed by atoms with Gasteiger partial charge >= 0.3 is 5.97 Å². The molecule has 0 radical (unpaired) electrons. The highest BCUT2D eigenvalue weighted by atomic mass is 16.5. The number of methoxy groups -OCH3 is 1. The summed E-state index contributed by atoms with van der Waals surface area (Å²) < 4.78 is 11.7. The van der Waals surface area contributed by atoms with Gasteiger partial charge in [0.05, 0.1) is 18.4 Å². The third-order valence-corrected chi connectivity index (χ3v) is 3.03. The Balaban J connectivity index is 2.46. The second-order valence-corrected chi connectivity index (χ2v) is 4.37. The number of anilines is 1. The number of rotatable bonds is 5. The van der Waals surface area contributed by atoms with E-state index < -0.39 is 5.97 Å². The lowest BCUT2D eigenvalue weighted by atomic mass is 10.2. The average Bonchev–Trinajstić information content (AvgIpc) is 2.89. The summed E-state index contributed by atoms with van der Waals surface area (Å²) >= 11 is 0. The molecule has 112 valence electrons. The average molecular weight is 297 g/mol. The van der Waals surface area contributed by atoms with Crippen molar-refractivity contribution >= 4 is 11.7 Å². The van der Waals surface area contributed by atoms with Crippen molar-refractivity contribution in [2.75, 3.05) is 19.5 Å². The van der Waals surface area contributed by atoms with E-state index in [0.717, 1.165) is 0 Å². The van der Waals surface area contributed by atoms with Crippen molar-refractivity contribution in [3.63, 3.8) is 0 Å². The highest BCUT2D eigenvalue weighted by molar-refractivity contribution is 5.95. The quantitative estimate of drug-likeness (QED) is 0.675. The number of nitrogens with two attached hydrogens (primary N) is 1. The van der Waals surface area contributed by atoms with E-state index in [4.69, 9.17) is 20.5 Å². The molecule has 2 aromatic rings. The highest BCUT2D eigenvalue weighted by Gasteiger charge is 2.21. The number of aromatic nitrogens is 1. The molecule has 0 fully saturated rings. The fraction of sp³-hybridized carbons (Fsp3) is 0.125. The zero-order chi connectivity index (χ0) is 16.1. The Morgan fingerprint density at radius 2 is 2.14 bits per heavy atom. The van der Waals surface area contributed by atoms with Gasteiger partial charge in [-0.05, 0) is 24.3 Å². The van der Waals surface area contributed by atoms with Crippen molar-refractivity contribution in [3.05, 3.63) is 54.4 Å². The Morgan fingerprint density at radius 1 is 1.45 bits per heavy atom. The molecule has 0 spiro atoms. The topological polar surface area (TPSA) is 90.3 Å². The van der Waals surface area contributed by atoms with Gasteiger partial charge in [-0.3, -0.25) is 0 Å². The summed E-state index contributed by atoms with van der Waals surface area (Å²) in [4.78, 5) is 11.9. The van der Waals surface area contributed by atoms with Gasteiger partial charge in [0.25, 0.3) is 0 Å². The summed E-state index contributed by atoms with van der Waals surface area (Å²) in [6.07, 6.45) is 3.15. The molecule has 0 saturated carbocycles. The SMILES string of the molecule is C=CCOc1ccc(-n2cc(C#N)c(N)c2C(=O)OC)cc1. The Hall–Kier alpha value is -3.20. The molecule has 1 heterocycles. The maximum atomic E-state index is 11.9. The van der Waals surface area contributed by atoms with Crippen molar-refractivity contribution in [1.29, 1.82) is 5.26 Å². The predicted molar refractivity (Wildman–Crippen MR) is 81.9 cm³/mol. The van der Waals surface area contributed by atoms with E-state index in [1.165, 1.54) is 17.9 Å². The van der Waals surface area contributed by atoms with Crippen molar-refractivity contribution in [2.24, 2.45) is 0 Å². The number of hydrogen-bond acceptors (Lipinski definition) is 5. The molecule has 0 aliphatic carbocycles. The second-order valence-electron chi connectivity index (χ2n) is 4.37. The molecule has 2 N–H and O–H groups in total. The van der Waals surface area contributed by atoms with Crippen LogP contribution in [0.15, 0.2) is 43.1 Å². The minimum Gasteiger partial charge on any atom is -0.490 e. The Labute approximate surface area is 128 Å². The first-order valence-corrected chi connectivity index (χ1v) is 6.45. The number of ether oxygens (including phenoxy) is 2. The van der Waals surface area contributed by atoms with Crippen LogP contribution < -0.4 is 10.5 Å². The van der Waals surface area contributed by atoms with E-state index in [1.54, 1.807) is 30.3 Å². The van der Waals surface area contributed by atoms with Crippen LogP contribution in [-0.4, -0.2) is 24.3 Å². The van der Waals surface area contributed by atoms with Crippen LogP contribution in [0.25, 0.3) is 5.69 Å². The lowest BCUT2D eigenvalue weighted by Crippen LogP contribution is -2.11. The summed E-state index contributed by atoms with van der Waals surface area (Å²) in [7, 11) is 1.26. The lowest BCUT2D eigenvalue weighted by Gasteiger charge is -2.09. The van der Waals surface area contributed by atoms with Crippen LogP contribution in [0.2, 0.25) is 0 Å². The lowest BCUT2D eigenvalue weighted by molar-refractivity contribution is 0.0593. The number of carbonyl (C=O) groups is 1. The first-order valence-electron chi connectivity index (χ1n) is 6.45. The molecule has 0 bridgehead atoms.